The minimum absolute atomic E-state index is 0.00617. The van der Waals surface area contributed by atoms with E-state index in [1.54, 1.807) is 39.0 Å². The summed E-state index contributed by atoms with van der Waals surface area (Å²) in [6, 6.07) is 14.8. The van der Waals surface area contributed by atoms with E-state index in [-0.39, 0.29) is 55.9 Å². The third-order valence-corrected chi connectivity index (χ3v) is 7.21. The molecule has 2 aliphatic heterocycles. The number of amides is 4. The second kappa shape index (κ2) is 12.4. The summed E-state index contributed by atoms with van der Waals surface area (Å²) in [4.78, 5) is 43.5. The van der Waals surface area contributed by atoms with Gasteiger partial charge in [0, 0.05) is 20.1 Å². The lowest BCUT2D eigenvalue weighted by molar-refractivity contribution is -0.190. The maximum absolute atomic E-state index is 13.6. The molecule has 10 heteroatoms. The van der Waals surface area contributed by atoms with Gasteiger partial charge >= 0.3 is 6.03 Å². The summed E-state index contributed by atoms with van der Waals surface area (Å²) in [6.45, 7) is 5.22. The summed E-state index contributed by atoms with van der Waals surface area (Å²) in [7, 11) is 1.71. The Kier molecular flexibility index (Phi) is 8.96. The van der Waals surface area contributed by atoms with E-state index in [2.05, 4.69) is 5.32 Å². The van der Waals surface area contributed by atoms with Crippen molar-refractivity contribution in [1.82, 2.24) is 25.1 Å². The number of carbonyl (C=O) groups is 3. The Balaban J connectivity index is 1.49. The zero-order chi connectivity index (χ0) is 27.2. The van der Waals surface area contributed by atoms with Crippen LogP contribution in [-0.2, 0) is 27.5 Å². The minimum atomic E-state index is -0.674. The fourth-order valence-corrected chi connectivity index (χ4v) is 5.04. The molecule has 0 saturated carbocycles. The molecule has 38 heavy (non-hydrogen) atoms. The van der Waals surface area contributed by atoms with Crippen molar-refractivity contribution in [2.45, 2.75) is 45.6 Å². The first-order valence-electron chi connectivity index (χ1n) is 13.0. The van der Waals surface area contributed by atoms with Gasteiger partial charge < -0.3 is 19.9 Å². The molecular formula is C28H36FN5O4. The highest BCUT2D eigenvalue weighted by Crippen LogP contribution is 2.30. The van der Waals surface area contributed by atoms with Gasteiger partial charge in [-0.05, 0) is 29.2 Å². The van der Waals surface area contributed by atoms with Crippen LogP contribution < -0.4 is 5.32 Å². The van der Waals surface area contributed by atoms with Crippen LogP contribution in [0.15, 0.2) is 54.6 Å². The molecule has 0 bridgehead atoms. The number of fused-ring (bicyclic) bond motifs is 1. The van der Waals surface area contributed by atoms with Gasteiger partial charge in [0.15, 0.2) is 0 Å². The van der Waals surface area contributed by atoms with Crippen LogP contribution in [0, 0.1) is 11.7 Å². The first-order valence-corrected chi connectivity index (χ1v) is 13.0. The maximum Gasteiger partial charge on any atom is 0.334 e. The van der Waals surface area contributed by atoms with Crippen LogP contribution in [0.4, 0.5) is 9.18 Å². The van der Waals surface area contributed by atoms with Crippen LogP contribution in [0.1, 0.15) is 31.4 Å². The molecule has 1 unspecified atom stereocenters. The summed E-state index contributed by atoms with van der Waals surface area (Å²) in [5, 5.41) is 6.12. The summed E-state index contributed by atoms with van der Waals surface area (Å²) in [6.07, 6.45) is 0.0595. The number of piperazine rings is 1. The zero-order valence-corrected chi connectivity index (χ0v) is 22.2. The average molecular weight is 526 g/mol. The molecule has 0 radical (unpaired) electrons. The molecule has 0 aromatic heterocycles. The molecule has 2 aromatic rings. The molecule has 3 atom stereocenters. The van der Waals surface area contributed by atoms with Gasteiger partial charge in [0.05, 0.1) is 26.3 Å². The predicted octanol–water partition coefficient (Wildman–Crippen LogP) is 2.83. The number of hydrogen-bond acceptors (Lipinski definition) is 5. The van der Waals surface area contributed by atoms with E-state index in [0.717, 1.165) is 5.56 Å². The quantitative estimate of drug-likeness (QED) is 0.509. The van der Waals surface area contributed by atoms with E-state index in [0.29, 0.717) is 25.1 Å². The van der Waals surface area contributed by atoms with Crippen molar-refractivity contribution in [3.8, 4) is 0 Å². The van der Waals surface area contributed by atoms with Gasteiger partial charge in [-0.25, -0.2) is 19.2 Å². The normalized spacial score (nSPS) is 20.9. The summed E-state index contributed by atoms with van der Waals surface area (Å²) in [5.41, 5.74) is 1.67. The third-order valence-electron chi connectivity index (χ3n) is 7.21. The first kappa shape index (κ1) is 27.5. The van der Waals surface area contributed by atoms with Crippen LogP contribution in [0.3, 0.4) is 0 Å². The number of ether oxygens (including phenoxy) is 1. The number of likely N-dealkylation sites (N-methyl/N-ethyl adjacent to an activating group) is 1. The molecule has 2 saturated heterocycles. The van der Waals surface area contributed by atoms with Crippen LogP contribution in [0.25, 0.3) is 0 Å². The van der Waals surface area contributed by atoms with Crippen molar-refractivity contribution < 1.29 is 23.5 Å². The zero-order valence-electron chi connectivity index (χ0n) is 22.2. The Morgan fingerprint density at radius 3 is 2.58 bits per heavy atom. The van der Waals surface area contributed by atoms with Crippen molar-refractivity contribution >= 4 is 17.8 Å². The Morgan fingerprint density at radius 2 is 1.87 bits per heavy atom. The lowest BCUT2D eigenvalue weighted by Crippen LogP contribution is -2.76. The van der Waals surface area contributed by atoms with Crippen LogP contribution in [-0.4, -0.2) is 83.2 Å². The number of hydrogen-bond donors (Lipinski definition) is 1. The largest absolute Gasteiger partial charge is 0.375 e. The standard InChI is InChI=1S/C28H36FN5O4/c1-4-20(2)26-27(36)32(13-14-38-19-22-11-8-12-23(29)15-22)17-24-33(26)25(35)18-31(3)34(24)28(37)30-16-21-9-6-5-7-10-21/h5-12,15,20,24,26H,4,13-14,16-19H2,1-3H3,(H,30,37)/t20?,24-,26-/m0/s1. The molecule has 9 nitrogen and oxygen atoms in total. The first-order chi connectivity index (χ1) is 18.3. The van der Waals surface area contributed by atoms with Crippen molar-refractivity contribution in [2.24, 2.45) is 5.92 Å². The molecule has 204 valence electrons. The molecule has 2 fully saturated rings. The van der Waals surface area contributed by atoms with Crippen molar-refractivity contribution in [2.75, 3.05) is 33.3 Å². The number of halogens is 1. The highest BCUT2D eigenvalue weighted by atomic mass is 19.1. The molecule has 4 rings (SSSR count). The smallest absolute Gasteiger partial charge is 0.334 e. The monoisotopic (exact) mass is 525 g/mol. The van der Waals surface area contributed by atoms with Gasteiger partial charge in [0.1, 0.15) is 18.0 Å². The lowest BCUT2D eigenvalue weighted by Gasteiger charge is -2.55. The molecule has 0 aliphatic carbocycles. The second-order valence-corrected chi connectivity index (χ2v) is 9.88. The van der Waals surface area contributed by atoms with Gasteiger partial charge in [-0.2, -0.15) is 0 Å². The van der Waals surface area contributed by atoms with Gasteiger partial charge in [-0.3, -0.25) is 9.59 Å². The summed E-state index contributed by atoms with van der Waals surface area (Å²) < 4.78 is 19.2. The van der Waals surface area contributed by atoms with Gasteiger partial charge in [-0.15, -0.1) is 0 Å². The average Bonchev–Trinajstić information content (AvgIpc) is 2.90. The number of nitrogens with one attached hydrogen (secondary N) is 1. The fraction of sp³-hybridized carbons (Fsp3) is 0.464. The van der Waals surface area contributed by atoms with Gasteiger partial charge in [-0.1, -0.05) is 62.7 Å². The topological polar surface area (TPSA) is 85.4 Å². The van der Waals surface area contributed by atoms with E-state index < -0.39 is 12.2 Å². The van der Waals surface area contributed by atoms with Crippen LogP contribution >= 0.6 is 0 Å². The second-order valence-electron chi connectivity index (χ2n) is 9.88. The predicted molar refractivity (Wildman–Crippen MR) is 140 cm³/mol. The molecular weight excluding hydrogens is 489 g/mol. The van der Waals surface area contributed by atoms with E-state index in [9.17, 15) is 18.8 Å². The fourth-order valence-electron chi connectivity index (χ4n) is 5.04. The van der Waals surface area contributed by atoms with E-state index in [1.807, 2.05) is 44.2 Å². The summed E-state index contributed by atoms with van der Waals surface area (Å²) in [5.74, 6) is -0.745. The molecule has 2 aromatic carbocycles. The van der Waals surface area contributed by atoms with E-state index >= 15 is 0 Å². The molecule has 1 N–H and O–H groups in total. The van der Waals surface area contributed by atoms with Crippen LogP contribution in [0.5, 0.6) is 0 Å². The Morgan fingerprint density at radius 1 is 1.13 bits per heavy atom. The number of urea groups is 1. The Hall–Kier alpha value is -3.50. The lowest BCUT2D eigenvalue weighted by atomic mass is 9.92. The highest BCUT2D eigenvalue weighted by molar-refractivity contribution is 5.91. The van der Waals surface area contributed by atoms with Gasteiger partial charge in [0.25, 0.3) is 0 Å². The molecule has 2 heterocycles. The Labute approximate surface area is 223 Å². The van der Waals surface area contributed by atoms with E-state index in [1.165, 1.54) is 12.1 Å². The number of nitrogens with zero attached hydrogens (tertiary/aromatic N) is 4. The van der Waals surface area contributed by atoms with E-state index in [4.69, 9.17) is 4.74 Å². The Bertz CT molecular complexity index is 1130. The van der Waals surface area contributed by atoms with Crippen molar-refractivity contribution in [3.63, 3.8) is 0 Å². The number of hydrazine groups is 1. The number of benzene rings is 2. The number of rotatable bonds is 9. The maximum atomic E-state index is 13.6. The van der Waals surface area contributed by atoms with Gasteiger partial charge in [0.2, 0.25) is 11.8 Å². The third kappa shape index (κ3) is 6.14. The minimum Gasteiger partial charge on any atom is -0.375 e. The number of carbonyl (C=O) groups excluding carboxylic acids is 3. The molecule has 0 spiro atoms. The highest BCUT2D eigenvalue weighted by Gasteiger charge is 2.51. The SMILES string of the molecule is CCC(C)[C@H]1C(=O)N(CCOCc2cccc(F)c2)C[C@H]2N1C(=O)CN(C)N2C(=O)NCc1ccccc1. The van der Waals surface area contributed by atoms with Crippen LogP contribution in [0.2, 0.25) is 0 Å². The van der Waals surface area contributed by atoms with Crippen molar-refractivity contribution in [1.29, 1.82) is 0 Å². The molecule has 2 aliphatic rings. The molecule has 4 amide bonds. The summed E-state index contributed by atoms with van der Waals surface area (Å²) >= 11 is 0. The van der Waals surface area contributed by atoms with Crippen molar-refractivity contribution in [3.05, 3.63) is 71.5 Å².